The summed E-state index contributed by atoms with van der Waals surface area (Å²) in [6, 6.07) is 4.59. The van der Waals surface area contributed by atoms with E-state index in [-0.39, 0.29) is 11.1 Å². The maximum Gasteiger partial charge on any atom is 0.341 e. The summed E-state index contributed by atoms with van der Waals surface area (Å²) >= 11 is 1.23. The van der Waals surface area contributed by atoms with Crippen molar-refractivity contribution in [2.75, 3.05) is 36.1 Å². The second-order valence-electron chi connectivity index (χ2n) is 7.03. The molecule has 1 aliphatic rings. The Morgan fingerprint density at radius 1 is 1.19 bits per heavy atom. The number of hydrogen-bond donors (Lipinski definition) is 1. The van der Waals surface area contributed by atoms with Gasteiger partial charge >= 0.3 is 11.9 Å². The first-order chi connectivity index (χ1) is 14.5. The fourth-order valence-electron chi connectivity index (χ4n) is 3.28. The summed E-state index contributed by atoms with van der Waals surface area (Å²) in [5.74, 6) is -1.86. The van der Waals surface area contributed by atoms with Gasteiger partial charge in [0.1, 0.15) is 5.00 Å². The molecule has 0 atom stereocenters. The number of methoxy groups -OCH3 is 1. The number of anilines is 2. The zero-order valence-electron chi connectivity index (χ0n) is 17.5. The number of nitrogens with zero attached hydrogens (tertiary/aromatic N) is 1. The summed E-state index contributed by atoms with van der Waals surface area (Å²) in [6.45, 7) is 3.35. The molecule has 0 unspecified atom stereocenters. The molecule has 1 aromatic carbocycles. The Balaban J connectivity index is 1.65. The van der Waals surface area contributed by atoms with E-state index in [1.807, 2.05) is 6.92 Å². The molecule has 9 nitrogen and oxygen atoms in total. The molecule has 3 rings (SSSR count). The van der Waals surface area contributed by atoms with Crippen LogP contribution < -0.4 is 9.62 Å². The molecule has 0 aliphatic carbocycles. The van der Waals surface area contributed by atoms with Gasteiger partial charge in [0.05, 0.1) is 30.2 Å². The summed E-state index contributed by atoms with van der Waals surface area (Å²) < 4.78 is 34.8. The first-order valence-corrected chi connectivity index (χ1v) is 11.9. The third-order valence-corrected chi connectivity index (χ3v) is 7.23. The van der Waals surface area contributed by atoms with Gasteiger partial charge in [-0.15, -0.1) is 11.3 Å². The fraction of sp³-hybridized carbons (Fsp3) is 0.350. The van der Waals surface area contributed by atoms with Gasteiger partial charge in [-0.25, -0.2) is 18.0 Å². The van der Waals surface area contributed by atoms with Crippen LogP contribution in [0, 0.1) is 13.8 Å². The standard InChI is InChI=1S/C20H22N2O7S2/c1-11-12(2)30-18(17(11)20(25)28-3)21-16(23)10-29-19(24)14-5-6-15-13(9-14)7-8-22(15)31(4,26)27/h5-6,9H,7-8,10H2,1-4H3,(H,21,23). The molecule has 0 saturated heterocycles. The molecule has 0 spiro atoms. The normalized spacial score (nSPS) is 13.0. The molecule has 1 aliphatic heterocycles. The van der Waals surface area contributed by atoms with E-state index in [0.717, 1.165) is 16.7 Å². The quantitative estimate of drug-likeness (QED) is 0.649. The summed E-state index contributed by atoms with van der Waals surface area (Å²) in [7, 11) is -2.12. The molecule has 11 heteroatoms. The Kier molecular flexibility index (Phi) is 6.37. The van der Waals surface area contributed by atoms with Crippen molar-refractivity contribution < 1.29 is 32.3 Å². The van der Waals surface area contributed by atoms with Gasteiger partial charge in [-0.2, -0.15) is 0 Å². The highest BCUT2D eigenvalue weighted by Gasteiger charge is 2.27. The summed E-state index contributed by atoms with van der Waals surface area (Å²) in [4.78, 5) is 37.5. The molecule has 166 valence electrons. The lowest BCUT2D eigenvalue weighted by Crippen LogP contribution is -2.27. The number of thiophene rings is 1. The van der Waals surface area contributed by atoms with Crippen molar-refractivity contribution in [1.29, 1.82) is 0 Å². The summed E-state index contributed by atoms with van der Waals surface area (Å²) in [6.07, 6.45) is 1.61. The number of esters is 2. The van der Waals surface area contributed by atoms with Crippen LogP contribution in [0.25, 0.3) is 0 Å². The Hall–Kier alpha value is -2.92. The minimum absolute atomic E-state index is 0.222. The molecule has 0 saturated carbocycles. The van der Waals surface area contributed by atoms with Crippen LogP contribution in [0.15, 0.2) is 18.2 Å². The molecule has 0 bridgehead atoms. The first kappa shape index (κ1) is 22.8. The van der Waals surface area contributed by atoms with Gasteiger partial charge in [-0.3, -0.25) is 9.10 Å². The highest BCUT2D eigenvalue weighted by atomic mass is 32.2. The number of carbonyl (C=O) groups excluding carboxylic acids is 3. The van der Waals surface area contributed by atoms with Crippen LogP contribution >= 0.6 is 11.3 Å². The van der Waals surface area contributed by atoms with Crippen molar-refractivity contribution in [3.05, 3.63) is 45.3 Å². The van der Waals surface area contributed by atoms with Crippen molar-refractivity contribution in [3.63, 3.8) is 0 Å². The number of benzene rings is 1. The molecule has 2 aromatic rings. The SMILES string of the molecule is COC(=O)c1c(NC(=O)COC(=O)c2ccc3c(c2)CCN3S(C)(=O)=O)sc(C)c1C. The largest absolute Gasteiger partial charge is 0.465 e. The van der Waals surface area contributed by atoms with Crippen molar-refractivity contribution in [2.45, 2.75) is 20.3 Å². The predicted molar refractivity (Wildman–Crippen MR) is 116 cm³/mol. The highest BCUT2D eigenvalue weighted by Crippen LogP contribution is 2.33. The van der Waals surface area contributed by atoms with Crippen molar-refractivity contribution >= 4 is 49.9 Å². The lowest BCUT2D eigenvalue weighted by Gasteiger charge is -2.16. The zero-order valence-corrected chi connectivity index (χ0v) is 19.1. The number of nitrogens with one attached hydrogen (secondary N) is 1. The molecule has 2 heterocycles. The van der Waals surface area contributed by atoms with E-state index in [4.69, 9.17) is 9.47 Å². The van der Waals surface area contributed by atoms with Crippen LogP contribution in [0.2, 0.25) is 0 Å². The van der Waals surface area contributed by atoms with Gasteiger partial charge in [0.25, 0.3) is 5.91 Å². The van der Waals surface area contributed by atoms with Crippen LogP contribution in [-0.2, 0) is 30.7 Å². The number of ether oxygens (including phenoxy) is 2. The molecule has 1 aromatic heterocycles. The van der Waals surface area contributed by atoms with E-state index in [1.54, 1.807) is 19.1 Å². The third-order valence-electron chi connectivity index (χ3n) is 4.93. The molecule has 0 radical (unpaired) electrons. The van der Waals surface area contributed by atoms with Gasteiger partial charge in [0.15, 0.2) is 6.61 Å². The molecular formula is C20H22N2O7S2. The first-order valence-electron chi connectivity index (χ1n) is 9.28. The number of fused-ring (bicyclic) bond motifs is 1. The van der Waals surface area contributed by atoms with E-state index in [2.05, 4.69) is 5.32 Å². The van der Waals surface area contributed by atoms with Crippen LogP contribution in [0.3, 0.4) is 0 Å². The molecule has 1 N–H and O–H groups in total. The molecule has 1 amide bonds. The Bertz CT molecular complexity index is 1170. The number of rotatable bonds is 6. The lowest BCUT2D eigenvalue weighted by molar-refractivity contribution is -0.119. The minimum atomic E-state index is -3.38. The Labute approximate surface area is 184 Å². The number of aryl methyl sites for hydroxylation is 1. The van der Waals surface area contributed by atoms with E-state index in [1.165, 1.54) is 28.8 Å². The maximum atomic E-state index is 12.4. The highest BCUT2D eigenvalue weighted by molar-refractivity contribution is 7.92. The van der Waals surface area contributed by atoms with Crippen LogP contribution in [0.5, 0.6) is 0 Å². The average molecular weight is 467 g/mol. The summed E-state index contributed by atoms with van der Waals surface area (Å²) in [5, 5.41) is 2.92. The number of carbonyl (C=O) groups is 3. The second kappa shape index (κ2) is 8.67. The lowest BCUT2D eigenvalue weighted by atomic mass is 10.1. The number of amides is 1. The van der Waals surface area contributed by atoms with Gasteiger partial charge in [0, 0.05) is 11.4 Å². The van der Waals surface area contributed by atoms with Crippen molar-refractivity contribution in [2.24, 2.45) is 0 Å². The Morgan fingerprint density at radius 3 is 2.55 bits per heavy atom. The van der Waals surface area contributed by atoms with Crippen molar-refractivity contribution in [1.82, 2.24) is 0 Å². The predicted octanol–water partition coefficient (Wildman–Crippen LogP) is 2.27. The van der Waals surface area contributed by atoms with Crippen molar-refractivity contribution in [3.8, 4) is 0 Å². The molecule has 0 fully saturated rings. The number of hydrogen-bond acceptors (Lipinski definition) is 8. The van der Waals surface area contributed by atoms with Gasteiger partial charge in [-0.05, 0) is 49.6 Å². The second-order valence-corrected chi connectivity index (χ2v) is 10.2. The molecular weight excluding hydrogens is 444 g/mol. The zero-order chi connectivity index (χ0) is 22.9. The van der Waals surface area contributed by atoms with Crippen LogP contribution in [0.1, 0.15) is 36.7 Å². The average Bonchev–Trinajstić information content (AvgIpc) is 3.26. The minimum Gasteiger partial charge on any atom is -0.465 e. The van der Waals surface area contributed by atoms with E-state index in [0.29, 0.717) is 29.2 Å². The van der Waals surface area contributed by atoms with E-state index >= 15 is 0 Å². The van der Waals surface area contributed by atoms with Gasteiger partial charge in [-0.1, -0.05) is 0 Å². The smallest absolute Gasteiger partial charge is 0.341 e. The molecule has 31 heavy (non-hydrogen) atoms. The summed E-state index contributed by atoms with van der Waals surface area (Å²) in [5.41, 5.74) is 2.47. The third kappa shape index (κ3) is 4.72. The van der Waals surface area contributed by atoms with E-state index in [9.17, 15) is 22.8 Å². The monoisotopic (exact) mass is 466 g/mol. The van der Waals surface area contributed by atoms with Gasteiger partial charge in [0.2, 0.25) is 10.0 Å². The fourth-order valence-corrected chi connectivity index (χ4v) is 5.31. The maximum absolute atomic E-state index is 12.4. The van der Waals surface area contributed by atoms with Gasteiger partial charge < -0.3 is 14.8 Å². The van der Waals surface area contributed by atoms with Crippen LogP contribution in [-0.4, -0.2) is 52.8 Å². The van der Waals surface area contributed by atoms with E-state index < -0.39 is 34.5 Å². The Morgan fingerprint density at radius 2 is 1.90 bits per heavy atom. The number of sulfonamides is 1. The topological polar surface area (TPSA) is 119 Å². The van der Waals surface area contributed by atoms with Crippen LogP contribution in [0.4, 0.5) is 10.7 Å².